The number of urea groups is 1. The molecule has 2 aromatic rings. The van der Waals surface area contributed by atoms with Gasteiger partial charge in [0.05, 0.1) is 13.7 Å². The van der Waals surface area contributed by atoms with Gasteiger partial charge in [0.15, 0.2) is 0 Å². The number of benzene rings is 1. The topological polar surface area (TPSA) is 88.1 Å². The van der Waals surface area contributed by atoms with Gasteiger partial charge in [-0.3, -0.25) is 9.69 Å². The van der Waals surface area contributed by atoms with Crippen LogP contribution in [0.5, 0.6) is 11.8 Å². The molecule has 2 aliphatic heterocycles. The fourth-order valence-corrected chi connectivity index (χ4v) is 3.87. The van der Waals surface area contributed by atoms with Crippen LogP contribution in [0.2, 0.25) is 0 Å². The number of ether oxygens (including phenoxy) is 2. The summed E-state index contributed by atoms with van der Waals surface area (Å²) in [6.07, 6.45) is 1.52. The molecule has 0 radical (unpaired) electrons. The maximum Gasteiger partial charge on any atom is 0.325 e. The van der Waals surface area contributed by atoms with Crippen LogP contribution in [-0.4, -0.2) is 77.9 Å². The molecule has 3 heterocycles. The molecule has 164 valence electrons. The Morgan fingerprint density at radius 2 is 1.81 bits per heavy atom. The van der Waals surface area contributed by atoms with Crippen LogP contribution in [0.25, 0.3) is 0 Å². The number of rotatable bonds is 6. The molecule has 1 aromatic heterocycles. The zero-order chi connectivity index (χ0) is 21.8. The third-order valence-electron chi connectivity index (χ3n) is 5.61. The monoisotopic (exact) mass is 425 g/mol. The first-order valence-electron chi connectivity index (χ1n) is 10.5. The van der Waals surface area contributed by atoms with Gasteiger partial charge in [-0.15, -0.1) is 10.2 Å². The summed E-state index contributed by atoms with van der Waals surface area (Å²) in [4.78, 5) is 30.8. The highest BCUT2D eigenvalue weighted by Gasteiger charge is 2.33. The molecule has 1 unspecified atom stereocenters. The fraction of sp³-hybridized carbons (Fsp3) is 0.455. The second-order valence-corrected chi connectivity index (χ2v) is 7.83. The van der Waals surface area contributed by atoms with Crippen molar-refractivity contribution in [3.63, 3.8) is 0 Å². The molecule has 0 N–H and O–H groups in total. The molecular weight excluding hydrogens is 398 g/mol. The van der Waals surface area contributed by atoms with Gasteiger partial charge >= 0.3 is 6.03 Å². The van der Waals surface area contributed by atoms with E-state index in [1.165, 1.54) is 7.11 Å². The van der Waals surface area contributed by atoms with Crippen LogP contribution in [0.3, 0.4) is 0 Å². The van der Waals surface area contributed by atoms with E-state index in [0.29, 0.717) is 37.9 Å². The van der Waals surface area contributed by atoms with E-state index in [4.69, 9.17) is 9.47 Å². The molecule has 31 heavy (non-hydrogen) atoms. The Kier molecular flexibility index (Phi) is 6.20. The molecule has 3 amide bonds. The number of anilines is 1. The number of likely N-dealkylation sites (tertiary alicyclic amines) is 1. The average molecular weight is 425 g/mol. The maximum atomic E-state index is 12.9. The Hall–Kier alpha value is -3.36. The van der Waals surface area contributed by atoms with E-state index in [2.05, 4.69) is 10.2 Å². The van der Waals surface area contributed by atoms with Crippen LogP contribution < -0.4 is 14.4 Å². The van der Waals surface area contributed by atoms with Gasteiger partial charge in [-0.25, -0.2) is 4.79 Å². The normalized spacial score (nSPS) is 19.0. The van der Waals surface area contributed by atoms with Crippen molar-refractivity contribution in [1.82, 2.24) is 20.0 Å². The Balaban J connectivity index is 1.31. The van der Waals surface area contributed by atoms with Crippen molar-refractivity contribution in [2.75, 3.05) is 44.7 Å². The third kappa shape index (κ3) is 4.87. The highest BCUT2D eigenvalue weighted by molar-refractivity contribution is 5.96. The first-order valence-corrected chi connectivity index (χ1v) is 10.5. The molecular formula is C22H27N5O4. The fourth-order valence-electron chi connectivity index (χ4n) is 3.87. The number of carbonyl (C=O) groups is 2. The van der Waals surface area contributed by atoms with Gasteiger partial charge in [-0.05, 0) is 31.9 Å². The van der Waals surface area contributed by atoms with Gasteiger partial charge in [0.1, 0.15) is 12.6 Å². The number of hydrogen-bond donors (Lipinski definition) is 0. The van der Waals surface area contributed by atoms with Crippen LogP contribution in [0, 0.1) is 6.92 Å². The lowest BCUT2D eigenvalue weighted by Gasteiger charge is -2.33. The summed E-state index contributed by atoms with van der Waals surface area (Å²) in [6, 6.07) is 11.1. The molecule has 0 aliphatic carbocycles. The summed E-state index contributed by atoms with van der Waals surface area (Å²) in [5, 5.41) is 7.89. The predicted molar refractivity (Wildman–Crippen MR) is 114 cm³/mol. The average Bonchev–Trinajstić information content (AvgIpc) is 3.15. The van der Waals surface area contributed by atoms with E-state index in [0.717, 1.165) is 24.1 Å². The molecule has 4 rings (SSSR count). The second-order valence-electron chi connectivity index (χ2n) is 7.83. The minimum Gasteiger partial charge on any atom is -0.480 e. The Labute approximate surface area is 181 Å². The van der Waals surface area contributed by atoms with Crippen molar-refractivity contribution in [2.45, 2.75) is 25.9 Å². The zero-order valence-corrected chi connectivity index (χ0v) is 17.9. The summed E-state index contributed by atoms with van der Waals surface area (Å²) in [5.41, 5.74) is 2.00. The number of amides is 3. The van der Waals surface area contributed by atoms with Crippen molar-refractivity contribution in [2.24, 2.45) is 0 Å². The predicted octanol–water partition coefficient (Wildman–Crippen LogP) is 2.11. The summed E-state index contributed by atoms with van der Waals surface area (Å²) >= 11 is 0. The molecule has 2 fully saturated rings. The minimum absolute atomic E-state index is 0.0618. The van der Waals surface area contributed by atoms with Crippen molar-refractivity contribution >= 4 is 17.6 Å². The molecule has 1 atom stereocenters. The van der Waals surface area contributed by atoms with Gasteiger partial charge in [-0.1, -0.05) is 17.7 Å². The van der Waals surface area contributed by atoms with Gasteiger partial charge < -0.3 is 19.3 Å². The summed E-state index contributed by atoms with van der Waals surface area (Å²) in [5.74, 6) is 0.763. The van der Waals surface area contributed by atoms with Crippen LogP contribution in [0.15, 0.2) is 36.4 Å². The van der Waals surface area contributed by atoms with Gasteiger partial charge in [-0.2, -0.15) is 0 Å². The quantitative estimate of drug-likeness (QED) is 0.704. The first-order chi connectivity index (χ1) is 15.0. The van der Waals surface area contributed by atoms with Crippen LogP contribution in [-0.2, 0) is 4.79 Å². The highest BCUT2D eigenvalue weighted by atomic mass is 16.5. The Bertz CT molecular complexity index is 919. The van der Waals surface area contributed by atoms with Crippen molar-refractivity contribution < 1.29 is 19.1 Å². The number of aromatic nitrogens is 2. The third-order valence-corrected chi connectivity index (χ3v) is 5.61. The van der Waals surface area contributed by atoms with E-state index >= 15 is 0 Å². The minimum atomic E-state index is -0.154. The number of aryl methyl sites for hydroxylation is 1. The van der Waals surface area contributed by atoms with Crippen LogP contribution in [0.1, 0.15) is 18.4 Å². The Morgan fingerprint density at radius 3 is 2.52 bits per heavy atom. The largest absolute Gasteiger partial charge is 0.480 e. The van der Waals surface area contributed by atoms with Crippen molar-refractivity contribution in [3.05, 3.63) is 42.0 Å². The Morgan fingerprint density at radius 1 is 1.06 bits per heavy atom. The molecule has 0 bridgehead atoms. The lowest BCUT2D eigenvalue weighted by atomic mass is 10.1. The molecule has 9 nitrogen and oxygen atoms in total. The SMILES string of the molecule is COc1ccc(OC2CCCN(C(=O)CN3CCN(c4ccc(C)cc4)C3=O)C2)nn1. The molecule has 2 aliphatic rings. The van der Waals surface area contributed by atoms with E-state index in [-0.39, 0.29) is 24.6 Å². The lowest BCUT2D eigenvalue weighted by Crippen LogP contribution is -2.48. The summed E-state index contributed by atoms with van der Waals surface area (Å²) in [7, 11) is 1.53. The number of nitrogens with zero attached hydrogens (tertiary/aromatic N) is 5. The van der Waals surface area contributed by atoms with Crippen LogP contribution >= 0.6 is 0 Å². The number of hydrogen-bond acceptors (Lipinski definition) is 6. The maximum absolute atomic E-state index is 12.9. The molecule has 0 spiro atoms. The zero-order valence-electron chi connectivity index (χ0n) is 17.9. The van der Waals surface area contributed by atoms with Crippen molar-refractivity contribution in [1.29, 1.82) is 0 Å². The van der Waals surface area contributed by atoms with E-state index in [1.807, 2.05) is 31.2 Å². The number of methoxy groups -OCH3 is 1. The van der Waals surface area contributed by atoms with Gasteiger partial charge in [0.2, 0.25) is 17.7 Å². The first kappa shape index (κ1) is 20.9. The van der Waals surface area contributed by atoms with Crippen LogP contribution in [0.4, 0.5) is 10.5 Å². The second kappa shape index (κ2) is 9.20. The standard InChI is InChI=1S/C22H27N5O4/c1-16-5-7-17(8-6-16)27-13-12-26(22(27)29)15-21(28)25-11-3-4-18(14-25)31-20-10-9-19(30-2)23-24-20/h5-10,18H,3-4,11-15H2,1-2H3. The highest BCUT2D eigenvalue weighted by Crippen LogP contribution is 2.22. The molecule has 9 heteroatoms. The summed E-state index contributed by atoms with van der Waals surface area (Å²) in [6.45, 7) is 4.34. The van der Waals surface area contributed by atoms with E-state index in [9.17, 15) is 9.59 Å². The number of piperidine rings is 1. The molecule has 1 aromatic carbocycles. The molecule has 2 saturated heterocycles. The van der Waals surface area contributed by atoms with E-state index in [1.54, 1.807) is 26.8 Å². The lowest BCUT2D eigenvalue weighted by molar-refractivity contribution is -0.134. The van der Waals surface area contributed by atoms with Gasteiger partial charge in [0.25, 0.3) is 0 Å². The summed E-state index contributed by atoms with van der Waals surface area (Å²) < 4.78 is 10.9. The van der Waals surface area contributed by atoms with Gasteiger partial charge in [0, 0.05) is 37.5 Å². The number of carbonyl (C=O) groups excluding carboxylic acids is 2. The smallest absolute Gasteiger partial charge is 0.325 e. The van der Waals surface area contributed by atoms with E-state index < -0.39 is 0 Å². The van der Waals surface area contributed by atoms with Crippen molar-refractivity contribution in [3.8, 4) is 11.8 Å². The molecule has 0 saturated carbocycles.